The minimum absolute atomic E-state index is 0.0553. The van der Waals surface area contributed by atoms with Crippen molar-refractivity contribution in [1.82, 2.24) is 0 Å². The molecule has 1 heterocycles. The molecule has 0 bridgehead atoms. The average molecular weight is 204 g/mol. The molecule has 1 aliphatic rings. The summed E-state index contributed by atoms with van der Waals surface area (Å²) in [6.45, 7) is 0. The smallest absolute Gasteiger partial charge is 0.372 e. The second-order valence-electron chi connectivity index (χ2n) is 3.31. The van der Waals surface area contributed by atoms with E-state index in [1.165, 1.54) is 7.11 Å². The lowest BCUT2D eigenvalue weighted by atomic mass is 10.1. The van der Waals surface area contributed by atoms with Gasteiger partial charge in [-0.1, -0.05) is 30.3 Å². The van der Waals surface area contributed by atoms with Crippen molar-refractivity contribution in [3.8, 4) is 0 Å². The highest BCUT2D eigenvalue weighted by Gasteiger charge is 2.24. The molecule has 0 saturated heterocycles. The molecule has 0 saturated carbocycles. The maximum atomic E-state index is 11.2. The molecule has 1 aromatic rings. The Labute approximate surface area is 88.3 Å². The molecule has 2 rings (SSSR count). The number of carbonyl (C=O) groups excluding carboxylic acids is 1. The molecule has 0 aliphatic carbocycles. The van der Waals surface area contributed by atoms with Crippen molar-refractivity contribution in [2.24, 2.45) is 0 Å². The van der Waals surface area contributed by atoms with E-state index in [-0.39, 0.29) is 6.10 Å². The van der Waals surface area contributed by atoms with Crippen molar-refractivity contribution >= 4 is 5.97 Å². The van der Waals surface area contributed by atoms with Gasteiger partial charge in [0.1, 0.15) is 6.10 Å². The van der Waals surface area contributed by atoms with Gasteiger partial charge >= 0.3 is 5.97 Å². The van der Waals surface area contributed by atoms with Gasteiger partial charge in [-0.3, -0.25) is 0 Å². The third-order valence-corrected chi connectivity index (χ3v) is 2.34. The normalized spacial score (nSPS) is 19.3. The third-order valence-electron chi connectivity index (χ3n) is 2.34. The Bertz CT molecular complexity index is 381. The van der Waals surface area contributed by atoms with E-state index >= 15 is 0 Å². The second-order valence-corrected chi connectivity index (χ2v) is 3.31. The molecule has 1 aliphatic heterocycles. The Kier molecular flexibility index (Phi) is 2.72. The molecule has 78 valence electrons. The SMILES string of the molecule is COC(=O)C1=CCC(c2ccccc2)O1. The number of ether oxygens (including phenoxy) is 2. The van der Waals surface area contributed by atoms with Gasteiger partial charge in [-0.15, -0.1) is 0 Å². The Morgan fingerprint density at radius 1 is 1.40 bits per heavy atom. The summed E-state index contributed by atoms with van der Waals surface area (Å²) in [5.74, 6) is -0.0974. The van der Waals surface area contributed by atoms with Crippen molar-refractivity contribution in [1.29, 1.82) is 0 Å². The predicted molar refractivity (Wildman–Crippen MR) is 55.0 cm³/mol. The first-order valence-corrected chi connectivity index (χ1v) is 4.81. The van der Waals surface area contributed by atoms with Gasteiger partial charge in [0.25, 0.3) is 0 Å². The molecule has 1 atom stereocenters. The summed E-state index contributed by atoms with van der Waals surface area (Å²) >= 11 is 0. The van der Waals surface area contributed by atoms with E-state index in [2.05, 4.69) is 4.74 Å². The first-order valence-electron chi connectivity index (χ1n) is 4.81. The molecular formula is C12H12O3. The van der Waals surface area contributed by atoms with Gasteiger partial charge in [0.15, 0.2) is 0 Å². The lowest BCUT2D eigenvalue weighted by Gasteiger charge is -2.12. The van der Waals surface area contributed by atoms with Crippen molar-refractivity contribution < 1.29 is 14.3 Å². The monoisotopic (exact) mass is 204 g/mol. The number of hydrogen-bond acceptors (Lipinski definition) is 3. The molecule has 0 N–H and O–H groups in total. The molecule has 3 heteroatoms. The second kappa shape index (κ2) is 4.17. The van der Waals surface area contributed by atoms with Crippen LogP contribution < -0.4 is 0 Å². The molecular weight excluding hydrogens is 192 g/mol. The number of hydrogen-bond donors (Lipinski definition) is 0. The van der Waals surface area contributed by atoms with Crippen LogP contribution in [0.2, 0.25) is 0 Å². The van der Waals surface area contributed by atoms with E-state index in [0.29, 0.717) is 12.2 Å². The Morgan fingerprint density at radius 2 is 2.13 bits per heavy atom. The Hall–Kier alpha value is -1.77. The molecule has 0 amide bonds. The standard InChI is InChI=1S/C12H12O3/c1-14-12(13)11-8-7-10(15-11)9-5-3-2-4-6-9/h2-6,8,10H,7H2,1H3. The van der Waals surface area contributed by atoms with Crippen LogP contribution in [-0.2, 0) is 14.3 Å². The van der Waals surface area contributed by atoms with Gasteiger partial charge in [0, 0.05) is 6.42 Å². The highest BCUT2D eigenvalue weighted by molar-refractivity contribution is 5.86. The summed E-state index contributed by atoms with van der Waals surface area (Å²) in [4.78, 5) is 11.2. The van der Waals surface area contributed by atoms with Crippen LogP contribution in [0.5, 0.6) is 0 Å². The zero-order chi connectivity index (χ0) is 10.7. The van der Waals surface area contributed by atoms with E-state index in [4.69, 9.17) is 4.74 Å². The van der Waals surface area contributed by atoms with Gasteiger partial charge in [-0.25, -0.2) is 4.79 Å². The van der Waals surface area contributed by atoms with Crippen LogP contribution >= 0.6 is 0 Å². The average Bonchev–Trinajstić information content (AvgIpc) is 2.78. The van der Waals surface area contributed by atoms with Gasteiger partial charge in [0.05, 0.1) is 7.11 Å². The summed E-state index contributed by atoms with van der Waals surface area (Å²) in [6, 6.07) is 9.83. The zero-order valence-corrected chi connectivity index (χ0v) is 8.47. The minimum Gasteiger partial charge on any atom is -0.478 e. The fraction of sp³-hybridized carbons (Fsp3) is 0.250. The summed E-state index contributed by atoms with van der Waals surface area (Å²) in [7, 11) is 1.35. The Morgan fingerprint density at radius 3 is 2.80 bits per heavy atom. The van der Waals surface area contributed by atoms with Crippen LogP contribution in [0.4, 0.5) is 0 Å². The summed E-state index contributed by atoms with van der Waals surface area (Å²) < 4.78 is 10.1. The maximum Gasteiger partial charge on any atom is 0.372 e. The van der Waals surface area contributed by atoms with Crippen LogP contribution in [0, 0.1) is 0 Å². The van der Waals surface area contributed by atoms with Crippen molar-refractivity contribution in [2.75, 3.05) is 7.11 Å². The number of carbonyl (C=O) groups is 1. The van der Waals surface area contributed by atoms with Crippen molar-refractivity contribution in [3.63, 3.8) is 0 Å². The molecule has 0 spiro atoms. The first kappa shape index (κ1) is 9.77. The maximum absolute atomic E-state index is 11.2. The summed E-state index contributed by atoms with van der Waals surface area (Å²) in [6.07, 6.45) is 2.43. The highest BCUT2D eigenvalue weighted by Crippen LogP contribution is 2.30. The van der Waals surface area contributed by atoms with E-state index < -0.39 is 5.97 Å². The molecule has 1 unspecified atom stereocenters. The van der Waals surface area contributed by atoms with Crippen molar-refractivity contribution in [3.05, 3.63) is 47.7 Å². The van der Waals surface area contributed by atoms with Crippen LogP contribution in [0.1, 0.15) is 18.1 Å². The first-order chi connectivity index (χ1) is 7.31. The van der Waals surface area contributed by atoms with E-state index in [1.807, 2.05) is 30.3 Å². The number of benzene rings is 1. The van der Waals surface area contributed by atoms with Gasteiger partial charge in [0.2, 0.25) is 5.76 Å². The molecule has 3 nitrogen and oxygen atoms in total. The third kappa shape index (κ3) is 2.01. The highest BCUT2D eigenvalue weighted by atomic mass is 16.6. The lowest BCUT2D eigenvalue weighted by Crippen LogP contribution is -2.06. The lowest BCUT2D eigenvalue weighted by molar-refractivity contribution is -0.140. The largest absolute Gasteiger partial charge is 0.478 e. The van der Waals surface area contributed by atoms with E-state index in [0.717, 1.165) is 5.56 Å². The number of rotatable bonds is 2. The quantitative estimate of drug-likeness (QED) is 0.693. The molecule has 0 radical (unpaired) electrons. The van der Waals surface area contributed by atoms with E-state index in [9.17, 15) is 4.79 Å². The fourth-order valence-corrected chi connectivity index (χ4v) is 1.57. The minimum atomic E-state index is -0.409. The zero-order valence-electron chi connectivity index (χ0n) is 8.47. The van der Waals surface area contributed by atoms with Gasteiger partial charge in [-0.2, -0.15) is 0 Å². The van der Waals surface area contributed by atoms with Crippen LogP contribution in [0.3, 0.4) is 0 Å². The summed E-state index contributed by atoms with van der Waals surface area (Å²) in [5.41, 5.74) is 1.08. The predicted octanol–water partition coefficient (Wildman–Crippen LogP) is 2.20. The molecule has 0 fully saturated rings. The summed E-state index contributed by atoms with van der Waals surface area (Å²) in [5, 5.41) is 0. The van der Waals surface area contributed by atoms with Gasteiger partial charge < -0.3 is 9.47 Å². The van der Waals surface area contributed by atoms with Crippen molar-refractivity contribution in [2.45, 2.75) is 12.5 Å². The molecule has 15 heavy (non-hydrogen) atoms. The van der Waals surface area contributed by atoms with Crippen LogP contribution in [-0.4, -0.2) is 13.1 Å². The molecule has 0 aromatic heterocycles. The molecule has 1 aromatic carbocycles. The fourth-order valence-electron chi connectivity index (χ4n) is 1.57. The van der Waals surface area contributed by atoms with Gasteiger partial charge in [-0.05, 0) is 11.6 Å². The van der Waals surface area contributed by atoms with Crippen LogP contribution in [0.15, 0.2) is 42.2 Å². The number of methoxy groups -OCH3 is 1. The van der Waals surface area contributed by atoms with E-state index in [1.54, 1.807) is 6.08 Å². The topological polar surface area (TPSA) is 35.5 Å². The number of esters is 1. The Balaban J connectivity index is 2.05. The van der Waals surface area contributed by atoms with Crippen LogP contribution in [0.25, 0.3) is 0 Å².